The molecule has 3 rings (SSSR count). The summed E-state index contributed by atoms with van der Waals surface area (Å²) in [5, 5.41) is 0.0946. The number of hydrogen-bond donors (Lipinski definition) is 0. The first-order valence-corrected chi connectivity index (χ1v) is 13.4. The van der Waals surface area contributed by atoms with Crippen LogP contribution in [0.5, 0.6) is 0 Å². The summed E-state index contributed by atoms with van der Waals surface area (Å²) in [6.45, 7) is 16.9. The van der Waals surface area contributed by atoms with E-state index in [0.717, 1.165) is 31.3 Å². The average molecular weight is 406 g/mol. The van der Waals surface area contributed by atoms with Crippen LogP contribution in [0.2, 0.25) is 18.1 Å². The molecule has 28 heavy (non-hydrogen) atoms. The molecule has 6 heteroatoms. The summed E-state index contributed by atoms with van der Waals surface area (Å²) in [5.74, 6) is -0.261. The minimum absolute atomic E-state index is 0.0173. The first kappa shape index (κ1) is 21.3. The number of esters is 1. The lowest BCUT2D eigenvalue weighted by atomic mass is 9.72. The van der Waals surface area contributed by atoms with E-state index in [1.54, 1.807) is 11.0 Å². The summed E-state index contributed by atoms with van der Waals surface area (Å²) in [6, 6.07) is 0.0499. The second-order valence-electron chi connectivity index (χ2n) is 9.92. The van der Waals surface area contributed by atoms with Crippen LogP contribution < -0.4 is 0 Å². The van der Waals surface area contributed by atoms with Gasteiger partial charge in [0.05, 0.1) is 18.1 Å². The van der Waals surface area contributed by atoms with Crippen LogP contribution in [0.15, 0.2) is 23.9 Å². The third-order valence-electron chi connectivity index (χ3n) is 7.12. The zero-order valence-electron chi connectivity index (χ0n) is 18.2. The minimum Gasteiger partial charge on any atom is -0.457 e. The van der Waals surface area contributed by atoms with Gasteiger partial charge in [-0.05, 0) is 49.9 Å². The number of rotatable bonds is 6. The van der Waals surface area contributed by atoms with E-state index < -0.39 is 8.32 Å². The van der Waals surface area contributed by atoms with Gasteiger partial charge in [-0.1, -0.05) is 39.8 Å². The predicted molar refractivity (Wildman–Crippen MR) is 112 cm³/mol. The molecular formula is C22H35NO4Si. The van der Waals surface area contributed by atoms with Crippen LogP contribution in [0.25, 0.3) is 0 Å². The Labute approximate surface area is 170 Å². The summed E-state index contributed by atoms with van der Waals surface area (Å²) >= 11 is 0. The molecule has 4 atom stereocenters. The van der Waals surface area contributed by atoms with Gasteiger partial charge < -0.3 is 14.1 Å². The van der Waals surface area contributed by atoms with E-state index >= 15 is 0 Å². The number of nitrogens with zero attached hydrogens (tertiary/aromatic N) is 1. The molecule has 0 aromatic carbocycles. The fourth-order valence-electron chi connectivity index (χ4n) is 4.71. The van der Waals surface area contributed by atoms with E-state index in [0.29, 0.717) is 5.70 Å². The van der Waals surface area contributed by atoms with Crippen molar-refractivity contribution in [2.45, 2.75) is 83.7 Å². The van der Waals surface area contributed by atoms with Gasteiger partial charge in [-0.25, -0.2) is 4.79 Å². The molecule has 2 fully saturated rings. The number of ether oxygens (including phenoxy) is 1. The molecular weight excluding hydrogens is 370 g/mol. The summed E-state index contributed by atoms with van der Waals surface area (Å²) in [7, 11) is -1.97. The van der Waals surface area contributed by atoms with Gasteiger partial charge >= 0.3 is 5.97 Å². The van der Waals surface area contributed by atoms with Crippen LogP contribution in [-0.2, 0) is 18.8 Å². The van der Waals surface area contributed by atoms with Gasteiger partial charge in [0, 0.05) is 5.92 Å². The molecule has 1 amide bonds. The van der Waals surface area contributed by atoms with Gasteiger partial charge in [-0.2, -0.15) is 0 Å². The van der Waals surface area contributed by atoms with E-state index in [1.165, 1.54) is 0 Å². The molecule has 0 spiro atoms. The smallest absolute Gasteiger partial charge is 0.355 e. The number of hydrogen-bond acceptors (Lipinski definition) is 4. The van der Waals surface area contributed by atoms with E-state index in [1.807, 2.05) is 6.92 Å². The first-order valence-electron chi connectivity index (χ1n) is 10.5. The highest BCUT2D eigenvalue weighted by Crippen LogP contribution is 2.53. The molecule has 1 saturated heterocycles. The predicted octanol–water partition coefficient (Wildman–Crippen LogP) is 4.41. The van der Waals surface area contributed by atoms with Gasteiger partial charge in [0.25, 0.3) is 0 Å². The Kier molecular flexibility index (Phi) is 5.67. The monoisotopic (exact) mass is 405 g/mol. The second kappa shape index (κ2) is 7.45. The van der Waals surface area contributed by atoms with Crippen molar-refractivity contribution >= 4 is 20.2 Å². The molecule has 156 valence electrons. The molecule has 0 aromatic rings. The van der Waals surface area contributed by atoms with Crippen molar-refractivity contribution in [2.24, 2.45) is 11.8 Å². The van der Waals surface area contributed by atoms with Crippen molar-refractivity contribution in [1.82, 2.24) is 4.90 Å². The minimum atomic E-state index is -1.97. The van der Waals surface area contributed by atoms with E-state index in [2.05, 4.69) is 40.4 Å². The maximum Gasteiger partial charge on any atom is 0.355 e. The lowest BCUT2D eigenvalue weighted by Gasteiger charge is -2.50. The van der Waals surface area contributed by atoms with Crippen LogP contribution >= 0.6 is 0 Å². The van der Waals surface area contributed by atoms with Crippen molar-refractivity contribution in [3.63, 3.8) is 0 Å². The maximum absolute atomic E-state index is 13.2. The summed E-state index contributed by atoms with van der Waals surface area (Å²) in [6.07, 6.45) is 5.55. The zero-order valence-corrected chi connectivity index (χ0v) is 19.2. The second-order valence-corrected chi connectivity index (χ2v) is 14.7. The van der Waals surface area contributed by atoms with Crippen LogP contribution in [-0.4, -0.2) is 43.8 Å². The van der Waals surface area contributed by atoms with Crippen LogP contribution in [0, 0.1) is 11.8 Å². The highest BCUT2D eigenvalue weighted by molar-refractivity contribution is 6.74. The van der Waals surface area contributed by atoms with Crippen LogP contribution in [0.1, 0.15) is 53.4 Å². The van der Waals surface area contributed by atoms with Crippen molar-refractivity contribution in [2.75, 3.05) is 6.61 Å². The SMILES string of the molecule is C=CCOC(=O)C1=C2CCCC[C@H]2[C@@H]2[C@@H]([C@@H](C)O[Si](C)(C)C(C)(C)C)C(=O)N12. The molecule has 0 bridgehead atoms. The van der Waals surface area contributed by atoms with Gasteiger partial charge in [0.15, 0.2) is 8.32 Å². The van der Waals surface area contributed by atoms with Gasteiger partial charge in [0.2, 0.25) is 5.91 Å². The fourth-order valence-corrected chi connectivity index (χ4v) is 6.14. The quantitative estimate of drug-likeness (QED) is 0.284. The van der Waals surface area contributed by atoms with Gasteiger partial charge in [-0.15, -0.1) is 0 Å². The van der Waals surface area contributed by atoms with Crippen LogP contribution in [0.4, 0.5) is 0 Å². The molecule has 1 aliphatic carbocycles. The Balaban J connectivity index is 1.83. The van der Waals surface area contributed by atoms with Crippen molar-refractivity contribution < 1.29 is 18.8 Å². The number of amides is 1. The van der Waals surface area contributed by atoms with Crippen molar-refractivity contribution in [3.05, 3.63) is 23.9 Å². The van der Waals surface area contributed by atoms with Crippen molar-refractivity contribution in [1.29, 1.82) is 0 Å². The summed E-state index contributed by atoms with van der Waals surface area (Å²) < 4.78 is 11.9. The third-order valence-corrected chi connectivity index (χ3v) is 11.7. The lowest BCUT2D eigenvalue weighted by molar-refractivity contribution is -0.163. The Hall–Kier alpha value is -1.40. The zero-order chi connectivity index (χ0) is 20.9. The number of β-lactam (4-membered cyclic amide) rings is 1. The molecule has 3 aliphatic rings. The Morgan fingerprint density at radius 2 is 2.04 bits per heavy atom. The average Bonchev–Trinajstić information content (AvgIpc) is 2.89. The van der Waals surface area contributed by atoms with Crippen molar-refractivity contribution in [3.8, 4) is 0 Å². The maximum atomic E-state index is 13.2. The lowest BCUT2D eigenvalue weighted by Crippen LogP contribution is -2.65. The van der Waals surface area contributed by atoms with E-state index in [-0.39, 0.29) is 47.5 Å². The molecule has 0 radical (unpaired) electrons. The number of carbonyl (C=O) groups is 2. The molecule has 0 N–H and O–H groups in total. The number of carbonyl (C=O) groups excluding carboxylic acids is 2. The fraction of sp³-hybridized carbons (Fsp3) is 0.727. The summed E-state index contributed by atoms with van der Waals surface area (Å²) in [5.41, 5.74) is 1.64. The standard InChI is InChI=1S/C22H35NO4Si/c1-8-13-26-21(25)19-16-12-10-9-11-15(16)18-17(20(24)23(18)19)14(2)27-28(6,7)22(3,4)5/h8,14-15,17-18H,1,9-13H2,2-7H3/t14-,15-,17-,18-/m1/s1. The highest BCUT2D eigenvalue weighted by atomic mass is 28.4. The van der Waals surface area contributed by atoms with E-state index in [4.69, 9.17) is 9.16 Å². The van der Waals surface area contributed by atoms with E-state index in [9.17, 15) is 9.59 Å². The molecule has 0 aromatic heterocycles. The highest BCUT2D eigenvalue weighted by Gasteiger charge is 2.62. The normalized spacial score (nSPS) is 28.4. The first-order chi connectivity index (χ1) is 13.0. The largest absolute Gasteiger partial charge is 0.457 e. The molecule has 2 heterocycles. The molecule has 0 unspecified atom stereocenters. The molecule has 5 nitrogen and oxygen atoms in total. The third kappa shape index (κ3) is 3.39. The Bertz CT molecular complexity index is 706. The topological polar surface area (TPSA) is 55.8 Å². The Morgan fingerprint density at radius 3 is 2.64 bits per heavy atom. The van der Waals surface area contributed by atoms with Crippen LogP contribution in [0.3, 0.4) is 0 Å². The Morgan fingerprint density at radius 1 is 1.36 bits per heavy atom. The summed E-state index contributed by atoms with van der Waals surface area (Å²) in [4.78, 5) is 27.6. The number of fused-ring (bicyclic) bond motifs is 3. The molecule has 2 aliphatic heterocycles. The molecule has 1 saturated carbocycles. The van der Waals surface area contributed by atoms with Gasteiger partial charge in [-0.3, -0.25) is 4.79 Å². The van der Waals surface area contributed by atoms with Gasteiger partial charge in [0.1, 0.15) is 12.3 Å².